The van der Waals surface area contributed by atoms with Crippen LogP contribution < -0.4 is 15.8 Å². The van der Waals surface area contributed by atoms with Gasteiger partial charge in [0.1, 0.15) is 0 Å². The Bertz CT molecular complexity index is 834. The van der Waals surface area contributed by atoms with Gasteiger partial charge in [-0.05, 0) is 68.0 Å². The predicted octanol–water partition coefficient (Wildman–Crippen LogP) is 3.42. The number of hydrogen-bond acceptors (Lipinski definition) is 5. The molecule has 2 aromatic carbocycles. The summed E-state index contributed by atoms with van der Waals surface area (Å²) in [6, 6.07) is 16.2. The number of benzene rings is 2. The number of rotatable bonds is 10. The molecule has 0 unspecified atom stereocenters. The van der Waals surface area contributed by atoms with Crippen LogP contribution in [0.1, 0.15) is 46.4 Å². The van der Waals surface area contributed by atoms with Gasteiger partial charge in [-0.15, -0.1) is 0 Å². The van der Waals surface area contributed by atoms with Gasteiger partial charge in [-0.25, -0.2) is 0 Å². The third-order valence-electron chi connectivity index (χ3n) is 5.68. The molecular weight excluding hydrogens is 406 g/mol. The number of hydrazine groups is 1. The van der Waals surface area contributed by atoms with Crippen LogP contribution in [0.25, 0.3) is 0 Å². The van der Waals surface area contributed by atoms with Gasteiger partial charge in [-0.1, -0.05) is 18.2 Å². The zero-order valence-electron chi connectivity index (χ0n) is 18.7. The molecular formula is C25H33N3O4. The average molecular weight is 440 g/mol. The van der Waals surface area contributed by atoms with Crippen molar-refractivity contribution in [1.29, 1.82) is 0 Å². The van der Waals surface area contributed by atoms with E-state index in [-0.39, 0.29) is 11.8 Å². The van der Waals surface area contributed by atoms with Gasteiger partial charge < -0.3 is 14.4 Å². The predicted molar refractivity (Wildman–Crippen MR) is 125 cm³/mol. The maximum atomic E-state index is 12.3. The number of methoxy groups -OCH3 is 1. The van der Waals surface area contributed by atoms with E-state index in [0.29, 0.717) is 17.0 Å². The molecule has 2 aromatic rings. The summed E-state index contributed by atoms with van der Waals surface area (Å²) in [6.45, 7) is 4.39. The van der Waals surface area contributed by atoms with Gasteiger partial charge in [0, 0.05) is 56.8 Å². The van der Waals surface area contributed by atoms with E-state index in [1.807, 2.05) is 18.2 Å². The highest BCUT2D eigenvalue weighted by Gasteiger charge is 2.20. The molecule has 0 aliphatic carbocycles. The summed E-state index contributed by atoms with van der Waals surface area (Å²) in [5.74, 6) is -0.0912. The van der Waals surface area contributed by atoms with E-state index in [1.165, 1.54) is 0 Å². The van der Waals surface area contributed by atoms with Crippen molar-refractivity contribution >= 4 is 17.5 Å². The number of unbranched alkanes of at least 4 members (excludes halogenated alkanes) is 1. The molecule has 0 atom stereocenters. The topological polar surface area (TPSA) is 79.9 Å². The molecule has 2 N–H and O–H groups in total. The third kappa shape index (κ3) is 7.35. The molecule has 0 saturated carbocycles. The molecule has 2 amide bonds. The Morgan fingerprint density at radius 1 is 0.875 bits per heavy atom. The van der Waals surface area contributed by atoms with E-state index in [1.54, 1.807) is 43.5 Å². The van der Waals surface area contributed by atoms with E-state index < -0.39 is 0 Å². The van der Waals surface area contributed by atoms with Crippen LogP contribution in [-0.4, -0.2) is 51.8 Å². The summed E-state index contributed by atoms with van der Waals surface area (Å²) in [5, 5.41) is 0. The van der Waals surface area contributed by atoms with Crippen molar-refractivity contribution in [2.75, 3.05) is 44.9 Å². The Hall–Kier alpha value is -2.90. The van der Waals surface area contributed by atoms with Crippen LogP contribution in [0.4, 0.5) is 5.69 Å². The van der Waals surface area contributed by atoms with Gasteiger partial charge in [0.05, 0.1) is 0 Å². The van der Waals surface area contributed by atoms with Gasteiger partial charge in [0.2, 0.25) is 0 Å². The largest absolute Gasteiger partial charge is 0.385 e. The normalized spacial score (nSPS) is 14.2. The quantitative estimate of drug-likeness (QED) is 0.438. The molecule has 1 heterocycles. The first-order chi connectivity index (χ1) is 15.7. The number of hydrogen-bond donors (Lipinski definition) is 2. The number of piperidine rings is 1. The summed E-state index contributed by atoms with van der Waals surface area (Å²) in [4.78, 5) is 26.7. The van der Waals surface area contributed by atoms with E-state index in [4.69, 9.17) is 9.47 Å². The lowest BCUT2D eigenvalue weighted by atomic mass is 9.97. The van der Waals surface area contributed by atoms with Crippen LogP contribution in [0.15, 0.2) is 54.6 Å². The van der Waals surface area contributed by atoms with Gasteiger partial charge in [0.15, 0.2) is 0 Å². The second kappa shape index (κ2) is 12.8. The third-order valence-corrected chi connectivity index (χ3v) is 5.68. The molecule has 1 aliphatic heterocycles. The first-order valence-corrected chi connectivity index (χ1v) is 11.2. The SMILES string of the molecule is COCCCCOCC1CCN(c2ccc(C(=O)NNC(=O)c3ccccc3)cc2)CC1. The van der Waals surface area contributed by atoms with Crippen molar-refractivity contribution in [3.8, 4) is 0 Å². The fourth-order valence-corrected chi connectivity index (χ4v) is 3.73. The van der Waals surface area contributed by atoms with Crippen molar-refractivity contribution < 1.29 is 19.1 Å². The molecule has 32 heavy (non-hydrogen) atoms. The molecule has 3 rings (SSSR count). The highest BCUT2D eigenvalue weighted by atomic mass is 16.5. The fraction of sp³-hybridized carbons (Fsp3) is 0.440. The zero-order valence-corrected chi connectivity index (χ0v) is 18.7. The van der Waals surface area contributed by atoms with Gasteiger partial charge >= 0.3 is 0 Å². The summed E-state index contributed by atoms with van der Waals surface area (Å²) < 4.78 is 10.9. The smallest absolute Gasteiger partial charge is 0.269 e. The minimum atomic E-state index is -0.350. The summed E-state index contributed by atoms with van der Waals surface area (Å²) >= 11 is 0. The minimum Gasteiger partial charge on any atom is -0.385 e. The summed E-state index contributed by atoms with van der Waals surface area (Å²) in [5.41, 5.74) is 7.00. The molecule has 7 nitrogen and oxygen atoms in total. The average Bonchev–Trinajstić information content (AvgIpc) is 2.85. The molecule has 7 heteroatoms. The van der Waals surface area contributed by atoms with Crippen LogP contribution in [-0.2, 0) is 9.47 Å². The summed E-state index contributed by atoms with van der Waals surface area (Å²) in [6.07, 6.45) is 4.29. The molecule has 1 fully saturated rings. The lowest BCUT2D eigenvalue weighted by Gasteiger charge is -2.33. The van der Waals surface area contributed by atoms with Crippen LogP contribution in [0.2, 0.25) is 0 Å². The number of ether oxygens (including phenoxy) is 2. The van der Waals surface area contributed by atoms with Gasteiger partial charge in [-0.3, -0.25) is 20.4 Å². The molecule has 0 bridgehead atoms. The Labute approximate surface area is 190 Å². The Morgan fingerprint density at radius 3 is 2.09 bits per heavy atom. The van der Waals surface area contributed by atoms with E-state index >= 15 is 0 Å². The van der Waals surface area contributed by atoms with Gasteiger partial charge in [0.25, 0.3) is 11.8 Å². The molecule has 0 aromatic heterocycles. The first kappa shape index (κ1) is 23.8. The van der Waals surface area contributed by atoms with Crippen LogP contribution in [0.5, 0.6) is 0 Å². The highest BCUT2D eigenvalue weighted by molar-refractivity contribution is 5.99. The van der Waals surface area contributed by atoms with Crippen molar-refractivity contribution in [3.05, 3.63) is 65.7 Å². The second-order valence-corrected chi connectivity index (χ2v) is 8.03. The van der Waals surface area contributed by atoms with Gasteiger partial charge in [-0.2, -0.15) is 0 Å². The van der Waals surface area contributed by atoms with E-state index in [0.717, 1.165) is 64.3 Å². The Kier molecular flexibility index (Phi) is 9.53. The van der Waals surface area contributed by atoms with Crippen molar-refractivity contribution in [2.45, 2.75) is 25.7 Å². The number of carbonyl (C=O) groups excluding carboxylic acids is 2. The van der Waals surface area contributed by atoms with Crippen LogP contribution in [0, 0.1) is 5.92 Å². The molecule has 172 valence electrons. The van der Waals surface area contributed by atoms with Crippen molar-refractivity contribution in [1.82, 2.24) is 10.9 Å². The number of carbonyl (C=O) groups is 2. The molecule has 0 radical (unpaired) electrons. The zero-order chi connectivity index (χ0) is 22.6. The lowest BCUT2D eigenvalue weighted by molar-refractivity contribution is 0.0823. The molecule has 0 spiro atoms. The number of anilines is 1. The maximum absolute atomic E-state index is 12.3. The van der Waals surface area contributed by atoms with Crippen molar-refractivity contribution in [2.24, 2.45) is 5.92 Å². The highest BCUT2D eigenvalue weighted by Crippen LogP contribution is 2.24. The van der Waals surface area contributed by atoms with E-state index in [9.17, 15) is 9.59 Å². The van der Waals surface area contributed by atoms with E-state index in [2.05, 4.69) is 15.8 Å². The second-order valence-electron chi connectivity index (χ2n) is 8.03. The Morgan fingerprint density at radius 2 is 1.47 bits per heavy atom. The monoisotopic (exact) mass is 439 g/mol. The first-order valence-electron chi connectivity index (χ1n) is 11.2. The maximum Gasteiger partial charge on any atom is 0.269 e. The summed E-state index contributed by atoms with van der Waals surface area (Å²) in [7, 11) is 1.73. The Balaban J connectivity index is 1.38. The van der Waals surface area contributed by atoms with Crippen molar-refractivity contribution in [3.63, 3.8) is 0 Å². The molecule has 1 saturated heterocycles. The molecule has 1 aliphatic rings. The number of nitrogens with one attached hydrogen (secondary N) is 2. The standard InChI is InChI=1S/C25H33N3O4/c1-31-17-5-6-18-32-19-20-13-15-28(16-14-20)23-11-9-22(10-12-23)25(30)27-26-24(29)21-7-3-2-4-8-21/h2-4,7-12,20H,5-6,13-19H2,1H3,(H,26,29)(H,27,30). The lowest BCUT2D eigenvalue weighted by Crippen LogP contribution is -2.41. The van der Waals surface area contributed by atoms with Crippen LogP contribution >= 0.6 is 0 Å². The fourth-order valence-electron chi connectivity index (χ4n) is 3.73. The number of amides is 2. The minimum absolute atomic E-state index is 0.345. The van der Waals surface area contributed by atoms with Crippen LogP contribution in [0.3, 0.4) is 0 Å². The number of nitrogens with zero attached hydrogens (tertiary/aromatic N) is 1.